The van der Waals surface area contributed by atoms with Crippen molar-refractivity contribution in [1.29, 1.82) is 0 Å². The van der Waals surface area contributed by atoms with E-state index >= 15 is 0 Å². The van der Waals surface area contributed by atoms with E-state index in [1.54, 1.807) is 0 Å². The van der Waals surface area contributed by atoms with Gasteiger partial charge in [-0.25, -0.2) is 9.55 Å². The Labute approximate surface area is 162 Å². The number of nitrogens with two attached hydrogens (primary N) is 1. The third-order valence-electron chi connectivity index (χ3n) is 3.47. The number of aliphatic hydroxyl groups is 2. The second-order valence-corrected chi connectivity index (χ2v) is 6.35. The van der Waals surface area contributed by atoms with E-state index in [0.29, 0.717) is 0 Å². The summed E-state index contributed by atoms with van der Waals surface area (Å²) in [4.78, 5) is 39.1. The number of nitrogens with one attached hydrogen (secondary N) is 1. The van der Waals surface area contributed by atoms with Gasteiger partial charge >= 0.3 is 37.4 Å². The van der Waals surface area contributed by atoms with E-state index in [-0.39, 0.29) is 48.1 Å². The van der Waals surface area contributed by atoms with Crippen LogP contribution in [0.3, 0.4) is 0 Å². The first kappa shape index (κ1) is 20.5. The second kappa shape index (κ2) is 7.40. The van der Waals surface area contributed by atoms with E-state index < -0.39 is 44.5 Å². The third kappa shape index (κ3) is 4.11. The first-order valence-corrected chi connectivity index (χ1v) is 8.14. The minimum absolute atomic E-state index is 0. The molecule has 0 amide bonds. The molecule has 4 atom stereocenters. The van der Waals surface area contributed by atoms with Crippen LogP contribution < -0.4 is 40.9 Å². The van der Waals surface area contributed by atoms with E-state index in [4.69, 9.17) is 20.3 Å². The van der Waals surface area contributed by atoms with Crippen LogP contribution in [0.25, 0.3) is 11.2 Å². The molecule has 7 N–H and O–H groups in total. The summed E-state index contributed by atoms with van der Waals surface area (Å²) in [5.41, 5.74) is 4.84. The number of phosphoric ester groups is 1. The van der Waals surface area contributed by atoms with Crippen LogP contribution in [0, 0.1) is 0 Å². The number of phosphoric acid groups is 1. The van der Waals surface area contributed by atoms with Gasteiger partial charge in [-0.3, -0.25) is 18.9 Å². The third-order valence-corrected chi connectivity index (χ3v) is 3.95. The Balaban J connectivity index is 0.00000169. The van der Waals surface area contributed by atoms with Gasteiger partial charge in [0.25, 0.3) is 5.56 Å². The number of H-pyrrole nitrogens is 1. The fraction of sp³-hybridized carbons (Fsp3) is 0.500. The predicted molar refractivity (Wildman–Crippen MR) is 77.6 cm³/mol. The Morgan fingerprint density at radius 3 is 2.76 bits per heavy atom. The Hall–Kier alpha value is -0.860. The summed E-state index contributed by atoms with van der Waals surface area (Å²) < 4.78 is 21.6. The van der Waals surface area contributed by atoms with Crippen LogP contribution in [0.4, 0.5) is 5.95 Å². The number of aromatic nitrogens is 4. The summed E-state index contributed by atoms with van der Waals surface area (Å²) in [6.07, 6.45) is -4.22. The number of aliphatic hydroxyl groups excluding tert-OH is 2. The number of hydrogen-bond acceptors (Lipinski definition) is 9. The SMILES string of the molecule is Nc1nc2c(ncn2[C@@H]2O[C@H](COP(=O)(O)O)[C@@H](O)[C@H]2O)c(=O)[nH]1.[H-].[Na+]. The first-order chi connectivity index (χ1) is 11.2. The fourth-order valence-electron chi connectivity index (χ4n) is 2.40. The quantitative estimate of drug-likeness (QED) is 0.215. The van der Waals surface area contributed by atoms with Crippen molar-refractivity contribution in [2.24, 2.45) is 0 Å². The summed E-state index contributed by atoms with van der Waals surface area (Å²) >= 11 is 0. The molecule has 3 rings (SSSR count). The maximum absolute atomic E-state index is 11.7. The molecule has 1 fully saturated rings. The van der Waals surface area contributed by atoms with Gasteiger partial charge in [0.15, 0.2) is 17.4 Å². The van der Waals surface area contributed by atoms with Gasteiger partial charge in [-0.2, -0.15) is 4.98 Å². The normalized spacial score (nSPS) is 26.7. The molecule has 0 saturated carbocycles. The molecular formula is C10H15N5NaO8P. The molecule has 13 nitrogen and oxygen atoms in total. The first-order valence-electron chi connectivity index (χ1n) is 6.61. The van der Waals surface area contributed by atoms with Crippen molar-refractivity contribution in [1.82, 2.24) is 19.5 Å². The smallest absolute Gasteiger partial charge is 1.00 e. The molecule has 1 aliphatic rings. The number of hydrogen-bond donors (Lipinski definition) is 6. The van der Waals surface area contributed by atoms with Gasteiger partial charge in [-0.15, -0.1) is 0 Å². The number of rotatable bonds is 4. The topological polar surface area (TPSA) is 206 Å². The zero-order valence-electron chi connectivity index (χ0n) is 13.9. The molecule has 1 aliphatic heterocycles. The van der Waals surface area contributed by atoms with Gasteiger partial charge in [-0.05, 0) is 0 Å². The van der Waals surface area contributed by atoms with Crippen molar-refractivity contribution >= 4 is 24.9 Å². The molecule has 0 aliphatic carbocycles. The molecule has 1 saturated heterocycles. The molecule has 0 radical (unpaired) electrons. The number of nitrogen functional groups attached to an aromatic ring is 1. The van der Waals surface area contributed by atoms with Gasteiger partial charge in [0.2, 0.25) is 5.95 Å². The fourth-order valence-corrected chi connectivity index (χ4v) is 2.74. The maximum Gasteiger partial charge on any atom is 1.00 e. The van der Waals surface area contributed by atoms with E-state index in [1.807, 2.05) is 0 Å². The van der Waals surface area contributed by atoms with Gasteiger partial charge in [-0.1, -0.05) is 0 Å². The summed E-state index contributed by atoms with van der Waals surface area (Å²) in [6.45, 7) is -0.651. The molecule has 15 heteroatoms. The average molecular weight is 387 g/mol. The number of nitrogens with zero attached hydrogens (tertiary/aromatic N) is 3. The summed E-state index contributed by atoms with van der Waals surface area (Å²) in [5.74, 6) is -0.177. The largest absolute Gasteiger partial charge is 1.00 e. The van der Waals surface area contributed by atoms with E-state index in [1.165, 1.54) is 10.9 Å². The molecule has 134 valence electrons. The van der Waals surface area contributed by atoms with Crippen LogP contribution in [0.1, 0.15) is 7.65 Å². The van der Waals surface area contributed by atoms with Crippen molar-refractivity contribution in [3.05, 3.63) is 16.7 Å². The van der Waals surface area contributed by atoms with E-state index in [0.717, 1.165) is 0 Å². The summed E-state index contributed by atoms with van der Waals surface area (Å²) in [7, 11) is -4.76. The number of aromatic amines is 1. The Morgan fingerprint density at radius 2 is 2.12 bits per heavy atom. The zero-order chi connectivity index (χ0) is 17.6. The van der Waals surface area contributed by atoms with Crippen LogP contribution >= 0.6 is 7.82 Å². The minimum atomic E-state index is -4.76. The standard InChI is InChI=1S/C10H14N5O8P.Na.H/c11-10-13-7-4(8(18)14-10)12-2-15(7)9-6(17)5(16)3(23-9)1-22-24(19,20)21;;/h2-3,5-6,9,16-17H,1H2,(H2,19,20,21)(H3,11,13,14,18);;/q;+1;-1/t3-,5-,6-,9-;;/m1../s1. The number of ether oxygens (including phenoxy) is 1. The van der Waals surface area contributed by atoms with Crippen molar-refractivity contribution in [3.8, 4) is 0 Å². The Kier molecular flexibility index (Phi) is 6.06. The average Bonchev–Trinajstić information content (AvgIpc) is 3.00. The molecular weight excluding hydrogens is 372 g/mol. The number of anilines is 1. The van der Waals surface area contributed by atoms with E-state index in [2.05, 4.69) is 19.5 Å². The molecule has 0 bridgehead atoms. The van der Waals surface area contributed by atoms with Crippen molar-refractivity contribution in [2.75, 3.05) is 12.3 Å². The van der Waals surface area contributed by atoms with Crippen LogP contribution in [0.15, 0.2) is 11.1 Å². The van der Waals surface area contributed by atoms with Crippen LogP contribution in [-0.4, -0.2) is 64.4 Å². The van der Waals surface area contributed by atoms with Crippen molar-refractivity contribution < 1.29 is 64.8 Å². The number of imidazole rings is 1. The Bertz CT molecular complexity index is 873. The Morgan fingerprint density at radius 1 is 1.44 bits per heavy atom. The van der Waals surface area contributed by atoms with Gasteiger partial charge < -0.3 is 31.9 Å². The van der Waals surface area contributed by atoms with Crippen LogP contribution in [0.2, 0.25) is 0 Å². The summed E-state index contributed by atoms with van der Waals surface area (Å²) in [6, 6.07) is 0. The molecule has 0 spiro atoms. The van der Waals surface area contributed by atoms with Gasteiger partial charge in [0.05, 0.1) is 12.9 Å². The zero-order valence-corrected chi connectivity index (χ0v) is 15.8. The molecule has 3 heterocycles. The molecule has 0 unspecified atom stereocenters. The minimum Gasteiger partial charge on any atom is -1.00 e. The van der Waals surface area contributed by atoms with Gasteiger partial charge in [0, 0.05) is 0 Å². The predicted octanol–water partition coefficient (Wildman–Crippen LogP) is -5.45. The second-order valence-electron chi connectivity index (χ2n) is 5.11. The van der Waals surface area contributed by atoms with Gasteiger partial charge in [0.1, 0.15) is 18.3 Å². The van der Waals surface area contributed by atoms with Crippen LogP contribution in [-0.2, 0) is 13.8 Å². The monoisotopic (exact) mass is 387 g/mol. The van der Waals surface area contributed by atoms with E-state index in [9.17, 15) is 19.6 Å². The van der Waals surface area contributed by atoms with Crippen molar-refractivity contribution in [3.63, 3.8) is 0 Å². The molecule has 2 aromatic heterocycles. The van der Waals surface area contributed by atoms with Crippen LogP contribution in [0.5, 0.6) is 0 Å². The molecule has 2 aromatic rings. The molecule has 0 aromatic carbocycles. The molecule has 25 heavy (non-hydrogen) atoms. The summed E-state index contributed by atoms with van der Waals surface area (Å²) in [5, 5.41) is 20.1. The van der Waals surface area contributed by atoms with Crippen molar-refractivity contribution in [2.45, 2.75) is 24.5 Å². The number of fused-ring (bicyclic) bond motifs is 1. The maximum atomic E-state index is 11.7.